The predicted octanol–water partition coefficient (Wildman–Crippen LogP) is 2.77. The van der Waals surface area contributed by atoms with Crippen LogP contribution in [0, 0.1) is 0 Å². The second kappa shape index (κ2) is 6.90. The molecular formula is C16H20N2O. The molecule has 0 saturated heterocycles. The van der Waals surface area contributed by atoms with E-state index in [0.29, 0.717) is 13.2 Å². The second-order valence-electron chi connectivity index (χ2n) is 4.46. The normalized spacial score (nSPS) is 12.1. The van der Waals surface area contributed by atoms with Crippen molar-refractivity contribution in [3.8, 4) is 5.75 Å². The standard InChI is InChI=1S/C16H20N2O/c1-2-13-7-3-4-9-16(13)19-12-14(11-17)15-8-5-6-10-18-15/h3-10,14H,2,11-12,17H2,1H3. The monoisotopic (exact) mass is 256 g/mol. The number of rotatable bonds is 6. The number of nitrogens with two attached hydrogens (primary N) is 1. The van der Waals surface area contributed by atoms with Gasteiger partial charge in [0.2, 0.25) is 0 Å². The van der Waals surface area contributed by atoms with E-state index in [1.165, 1.54) is 5.56 Å². The molecule has 0 fully saturated rings. The molecule has 0 spiro atoms. The Balaban J connectivity index is 2.04. The minimum atomic E-state index is 0.131. The first-order chi connectivity index (χ1) is 9.35. The van der Waals surface area contributed by atoms with E-state index in [0.717, 1.165) is 17.9 Å². The lowest BCUT2D eigenvalue weighted by atomic mass is 10.1. The summed E-state index contributed by atoms with van der Waals surface area (Å²) in [7, 11) is 0. The number of hydrogen-bond acceptors (Lipinski definition) is 3. The molecule has 0 radical (unpaired) electrons. The van der Waals surface area contributed by atoms with Crippen molar-refractivity contribution in [3.05, 3.63) is 59.9 Å². The van der Waals surface area contributed by atoms with Crippen LogP contribution in [0.5, 0.6) is 5.75 Å². The molecule has 1 aromatic heterocycles. The highest BCUT2D eigenvalue weighted by atomic mass is 16.5. The second-order valence-corrected chi connectivity index (χ2v) is 4.46. The Morgan fingerprint density at radius 3 is 2.63 bits per heavy atom. The van der Waals surface area contributed by atoms with Crippen LogP contribution in [0.4, 0.5) is 0 Å². The molecule has 1 atom stereocenters. The summed E-state index contributed by atoms with van der Waals surface area (Å²) in [5.74, 6) is 1.07. The van der Waals surface area contributed by atoms with Gasteiger partial charge >= 0.3 is 0 Å². The molecule has 0 aliphatic heterocycles. The van der Waals surface area contributed by atoms with Crippen LogP contribution in [0.2, 0.25) is 0 Å². The number of benzene rings is 1. The first-order valence-electron chi connectivity index (χ1n) is 6.66. The van der Waals surface area contributed by atoms with Gasteiger partial charge in [0.15, 0.2) is 0 Å². The highest BCUT2D eigenvalue weighted by Gasteiger charge is 2.12. The molecule has 3 nitrogen and oxygen atoms in total. The average molecular weight is 256 g/mol. The minimum absolute atomic E-state index is 0.131. The van der Waals surface area contributed by atoms with E-state index in [1.54, 1.807) is 6.20 Å². The Morgan fingerprint density at radius 1 is 1.16 bits per heavy atom. The molecular weight excluding hydrogens is 236 g/mol. The number of ether oxygens (including phenoxy) is 1. The Labute approximate surface area is 114 Å². The number of nitrogens with zero attached hydrogens (tertiary/aromatic N) is 1. The molecule has 0 amide bonds. The van der Waals surface area contributed by atoms with Crippen molar-refractivity contribution in [2.24, 2.45) is 5.73 Å². The fourth-order valence-corrected chi connectivity index (χ4v) is 2.02. The summed E-state index contributed by atoms with van der Waals surface area (Å²) in [6, 6.07) is 14.0. The summed E-state index contributed by atoms with van der Waals surface area (Å²) >= 11 is 0. The van der Waals surface area contributed by atoms with Gasteiger partial charge in [0.25, 0.3) is 0 Å². The summed E-state index contributed by atoms with van der Waals surface area (Å²) in [5.41, 5.74) is 8.03. The van der Waals surface area contributed by atoms with Gasteiger partial charge in [-0.15, -0.1) is 0 Å². The first-order valence-corrected chi connectivity index (χ1v) is 6.66. The number of pyridine rings is 1. The third-order valence-electron chi connectivity index (χ3n) is 3.18. The highest BCUT2D eigenvalue weighted by molar-refractivity contribution is 5.33. The molecule has 2 aromatic rings. The van der Waals surface area contributed by atoms with Crippen molar-refractivity contribution < 1.29 is 4.74 Å². The summed E-state index contributed by atoms with van der Waals surface area (Å²) < 4.78 is 5.92. The lowest BCUT2D eigenvalue weighted by Crippen LogP contribution is -2.20. The fraction of sp³-hybridized carbons (Fsp3) is 0.312. The van der Waals surface area contributed by atoms with Crippen molar-refractivity contribution in [2.75, 3.05) is 13.2 Å². The van der Waals surface area contributed by atoms with Gasteiger partial charge in [-0.25, -0.2) is 0 Å². The lowest BCUT2D eigenvalue weighted by molar-refractivity contribution is 0.285. The lowest BCUT2D eigenvalue weighted by Gasteiger charge is -2.16. The van der Waals surface area contributed by atoms with E-state index >= 15 is 0 Å². The zero-order valence-electron chi connectivity index (χ0n) is 11.3. The van der Waals surface area contributed by atoms with Gasteiger partial charge in [-0.1, -0.05) is 31.2 Å². The van der Waals surface area contributed by atoms with E-state index < -0.39 is 0 Å². The molecule has 1 aromatic carbocycles. The maximum atomic E-state index is 5.92. The third kappa shape index (κ3) is 3.55. The van der Waals surface area contributed by atoms with Crippen molar-refractivity contribution in [2.45, 2.75) is 19.3 Å². The van der Waals surface area contributed by atoms with E-state index in [4.69, 9.17) is 10.5 Å². The van der Waals surface area contributed by atoms with Crippen LogP contribution < -0.4 is 10.5 Å². The zero-order valence-corrected chi connectivity index (χ0v) is 11.3. The van der Waals surface area contributed by atoms with Crippen LogP contribution >= 0.6 is 0 Å². The molecule has 1 heterocycles. The van der Waals surface area contributed by atoms with Crippen LogP contribution in [-0.4, -0.2) is 18.1 Å². The predicted molar refractivity (Wildman–Crippen MR) is 77.3 cm³/mol. The van der Waals surface area contributed by atoms with Crippen LogP contribution in [0.3, 0.4) is 0 Å². The maximum Gasteiger partial charge on any atom is 0.122 e. The van der Waals surface area contributed by atoms with Gasteiger partial charge in [0.05, 0.1) is 6.61 Å². The zero-order chi connectivity index (χ0) is 13.5. The largest absolute Gasteiger partial charge is 0.493 e. The summed E-state index contributed by atoms with van der Waals surface area (Å²) in [6.45, 7) is 3.22. The van der Waals surface area contributed by atoms with E-state index in [-0.39, 0.29) is 5.92 Å². The molecule has 0 bridgehead atoms. The molecule has 0 aliphatic carbocycles. The Morgan fingerprint density at radius 2 is 1.95 bits per heavy atom. The van der Waals surface area contributed by atoms with Gasteiger partial charge < -0.3 is 10.5 Å². The summed E-state index contributed by atoms with van der Waals surface area (Å²) in [6.07, 6.45) is 2.75. The van der Waals surface area contributed by atoms with E-state index in [2.05, 4.69) is 18.0 Å². The SMILES string of the molecule is CCc1ccccc1OCC(CN)c1ccccn1. The maximum absolute atomic E-state index is 5.92. The Bertz CT molecular complexity index is 499. The smallest absolute Gasteiger partial charge is 0.122 e. The third-order valence-corrected chi connectivity index (χ3v) is 3.18. The number of para-hydroxylation sites is 1. The van der Waals surface area contributed by atoms with E-state index in [9.17, 15) is 0 Å². The topological polar surface area (TPSA) is 48.1 Å². The van der Waals surface area contributed by atoms with Crippen LogP contribution in [0.15, 0.2) is 48.7 Å². The number of aromatic nitrogens is 1. The fourth-order valence-electron chi connectivity index (χ4n) is 2.02. The molecule has 0 saturated carbocycles. The van der Waals surface area contributed by atoms with Gasteiger partial charge in [-0.3, -0.25) is 4.98 Å². The van der Waals surface area contributed by atoms with Crippen molar-refractivity contribution in [1.29, 1.82) is 0 Å². The van der Waals surface area contributed by atoms with Crippen molar-refractivity contribution in [1.82, 2.24) is 4.98 Å². The molecule has 2 N–H and O–H groups in total. The summed E-state index contributed by atoms with van der Waals surface area (Å²) in [5, 5.41) is 0. The average Bonchev–Trinajstić information content (AvgIpc) is 2.49. The first kappa shape index (κ1) is 13.6. The number of aryl methyl sites for hydroxylation is 1. The van der Waals surface area contributed by atoms with Gasteiger partial charge in [-0.2, -0.15) is 0 Å². The Kier molecular flexibility index (Phi) is 4.93. The molecule has 3 heteroatoms. The highest BCUT2D eigenvalue weighted by Crippen LogP contribution is 2.20. The van der Waals surface area contributed by atoms with Crippen LogP contribution in [-0.2, 0) is 6.42 Å². The van der Waals surface area contributed by atoms with Gasteiger partial charge in [0.1, 0.15) is 5.75 Å². The minimum Gasteiger partial charge on any atom is -0.493 e. The number of hydrogen-bond donors (Lipinski definition) is 1. The molecule has 0 aliphatic rings. The Hall–Kier alpha value is -1.87. The molecule has 2 rings (SSSR count). The molecule has 19 heavy (non-hydrogen) atoms. The summed E-state index contributed by atoms with van der Waals surface area (Å²) in [4.78, 5) is 4.34. The van der Waals surface area contributed by atoms with Crippen molar-refractivity contribution >= 4 is 0 Å². The van der Waals surface area contributed by atoms with E-state index in [1.807, 2.05) is 36.4 Å². The molecule has 100 valence electrons. The van der Waals surface area contributed by atoms with Crippen LogP contribution in [0.25, 0.3) is 0 Å². The van der Waals surface area contributed by atoms with Gasteiger partial charge in [0, 0.05) is 24.4 Å². The van der Waals surface area contributed by atoms with Gasteiger partial charge in [-0.05, 0) is 30.2 Å². The quantitative estimate of drug-likeness (QED) is 0.864. The molecule has 1 unspecified atom stereocenters. The van der Waals surface area contributed by atoms with Crippen LogP contribution in [0.1, 0.15) is 24.1 Å². The van der Waals surface area contributed by atoms with Crippen molar-refractivity contribution in [3.63, 3.8) is 0 Å².